The lowest BCUT2D eigenvalue weighted by Crippen LogP contribution is -2.65. The van der Waals surface area contributed by atoms with Crippen LogP contribution in [0.5, 0.6) is 0 Å². The molecule has 0 aromatic carbocycles. The number of nitrogens with one attached hydrogen (secondary N) is 1. The van der Waals surface area contributed by atoms with Gasteiger partial charge in [-0.3, -0.25) is 0 Å². The van der Waals surface area contributed by atoms with E-state index in [1.165, 1.54) is 43.8 Å². The summed E-state index contributed by atoms with van der Waals surface area (Å²) in [7, 11) is 0. The van der Waals surface area contributed by atoms with Crippen molar-refractivity contribution in [1.29, 1.82) is 0 Å². The highest BCUT2D eigenvalue weighted by Crippen LogP contribution is 2.36. The zero-order valence-corrected chi connectivity index (χ0v) is 20.0. The molecule has 6 heterocycles. The second kappa shape index (κ2) is 9.45. The van der Waals surface area contributed by atoms with Crippen molar-refractivity contribution in [1.82, 2.24) is 5.32 Å². The predicted octanol–water partition coefficient (Wildman–Crippen LogP) is 5.93. The molecule has 3 saturated heterocycles. The summed E-state index contributed by atoms with van der Waals surface area (Å²) in [4.78, 5) is 16.7. The number of quaternary nitrogens is 1. The first-order valence-electron chi connectivity index (χ1n) is 11.1. The Kier molecular flexibility index (Phi) is 6.46. The lowest BCUT2D eigenvalue weighted by atomic mass is 9.83. The summed E-state index contributed by atoms with van der Waals surface area (Å²) in [5, 5.41) is 9.43. The van der Waals surface area contributed by atoms with Crippen LogP contribution in [0.3, 0.4) is 0 Å². The lowest BCUT2D eigenvalue weighted by Gasteiger charge is -2.52. The van der Waals surface area contributed by atoms with E-state index in [0.717, 1.165) is 27.2 Å². The Morgan fingerprint density at radius 3 is 2.32 bits per heavy atom. The molecule has 0 radical (unpaired) electrons. The standard InChI is InChI=1S/C24H28N2O2S3/c27-24(25-23(21-7-3-15-30-21)22-8-4-16-31-22)28-20-17-26(12-9-18(20)10-13-26)11-1-5-19-6-2-14-29-19/h2-4,6-8,14-16,18,20,23H,1,5,9-13,17H2/p+1. The van der Waals surface area contributed by atoms with E-state index < -0.39 is 0 Å². The molecular weight excluding hydrogens is 444 g/mol. The van der Waals surface area contributed by atoms with E-state index in [9.17, 15) is 4.79 Å². The van der Waals surface area contributed by atoms with Crippen LogP contribution in [-0.4, -0.2) is 42.9 Å². The molecule has 4 nitrogen and oxygen atoms in total. The van der Waals surface area contributed by atoms with Gasteiger partial charge in [-0.15, -0.1) is 34.0 Å². The van der Waals surface area contributed by atoms with Gasteiger partial charge in [0.05, 0.1) is 19.6 Å². The average Bonchev–Trinajstić information content (AvgIpc) is 3.57. The summed E-state index contributed by atoms with van der Waals surface area (Å²) >= 11 is 5.20. The van der Waals surface area contributed by atoms with Crippen LogP contribution in [0.1, 0.15) is 39.9 Å². The molecule has 1 atom stereocenters. The molecule has 0 aliphatic carbocycles. The van der Waals surface area contributed by atoms with E-state index >= 15 is 0 Å². The number of rotatable bonds is 8. The van der Waals surface area contributed by atoms with Gasteiger partial charge in [-0.05, 0) is 40.8 Å². The highest BCUT2D eigenvalue weighted by molar-refractivity contribution is 7.11. The van der Waals surface area contributed by atoms with Crippen LogP contribution in [-0.2, 0) is 11.2 Å². The number of thiophene rings is 3. The molecule has 7 heteroatoms. The first-order chi connectivity index (χ1) is 15.2. The number of hydrogen-bond donors (Lipinski definition) is 1. The largest absolute Gasteiger partial charge is 0.440 e. The van der Waals surface area contributed by atoms with Crippen molar-refractivity contribution in [3.8, 4) is 0 Å². The molecule has 3 aliphatic rings. The zero-order chi connectivity index (χ0) is 21.1. The molecule has 0 spiro atoms. The average molecular weight is 474 g/mol. The van der Waals surface area contributed by atoms with Crippen LogP contribution in [0, 0.1) is 5.92 Å². The highest BCUT2D eigenvalue weighted by atomic mass is 32.1. The summed E-state index contributed by atoms with van der Waals surface area (Å²) in [6.45, 7) is 4.65. The topological polar surface area (TPSA) is 38.3 Å². The van der Waals surface area contributed by atoms with Crippen molar-refractivity contribution in [3.05, 3.63) is 67.2 Å². The number of aryl methyl sites for hydroxylation is 1. The van der Waals surface area contributed by atoms with Crippen molar-refractivity contribution >= 4 is 40.1 Å². The van der Waals surface area contributed by atoms with Gasteiger partial charge in [0, 0.05) is 39.8 Å². The Bertz CT molecular complexity index is 911. The second-order valence-corrected chi connectivity index (χ2v) is 11.8. The van der Waals surface area contributed by atoms with Gasteiger partial charge >= 0.3 is 6.09 Å². The molecule has 3 fully saturated rings. The highest BCUT2D eigenvalue weighted by Gasteiger charge is 2.47. The zero-order valence-electron chi connectivity index (χ0n) is 17.6. The Balaban J connectivity index is 1.20. The van der Waals surface area contributed by atoms with Gasteiger partial charge in [-0.1, -0.05) is 18.2 Å². The normalized spacial score (nSPS) is 25.1. The smallest absolute Gasteiger partial charge is 0.408 e. The van der Waals surface area contributed by atoms with Crippen LogP contribution in [0.2, 0.25) is 0 Å². The fourth-order valence-electron chi connectivity index (χ4n) is 5.20. The Morgan fingerprint density at radius 1 is 1.03 bits per heavy atom. The molecule has 2 bridgehead atoms. The summed E-state index contributed by atoms with van der Waals surface area (Å²) < 4.78 is 7.20. The van der Waals surface area contributed by atoms with Crippen LogP contribution < -0.4 is 5.32 Å². The maximum Gasteiger partial charge on any atom is 0.408 e. The van der Waals surface area contributed by atoms with Gasteiger partial charge in [0.15, 0.2) is 6.10 Å². The molecule has 1 amide bonds. The minimum absolute atomic E-state index is 0.0385. The molecule has 3 aromatic heterocycles. The van der Waals surface area contributed by atoms with Crippen LogP contribution in [0.25, 0.3) is 0 Å². The molecule has 164 valence electrons. The molecule has 1 unspecified atom stereocenters. The van der Waals surface area contributed by atoms with Crippen molar-refractivity contribution < 1.29 is 14.0 Å². The van der Waals surface area contributed by atoms with Crippen molar-refractivity contribution in [2.24, 2.45) is 5.92 Å². The number of fused-ring (bicyclic) bond motifs is 3. The summed E-state index contributed by atoms with van der Waals surface area (Å²) in [6.07, 6.45) is 4.49. The van der Waals surface area contributed by atoms with Gasteiger partial charge < -0.3 is 14.5 Å². The maximum atomic E-state index is 12.9. The monoisotopic (exact) mass is 473 g/mol. The molecule has 1 N–H and O–H groups in total. The van der Waals surface area contributed by atoms with Gasteiger partial charge in [0.25, 0.3) is 0 Å². The number of carbonyl (C=O) groups excluding carboxylic acids is 1. The van der Waals surface area contributed by atoms with Gasteiger partial charge in [0.1, 0.15) is 12.6 Å². The van der Waals surface area contributed by atoms with Crippen molar-refractivity contribution in [2.75, 3.05) is 26.2 Å². The fourth-order valence-corrected chi connectivity index (χ4v) is 7.61. The third kappa shape index (κ3) is 4.90. The van der Waals surface area contributed by atoms with Crippen molar-refractivity contribution in [3.63, 3.8) is 0 Å². The van der Waals surface area contributed by atoms with E-state index in [1.54, 1.807) is 22.7 Å². The SMILES string of the molecule is O=C(NC(c1cccs1)c1cccs1)OC1C[N+]2(CCCc3cccs3)CCC1CC2. The van der Waals surface area contributed by atoms with E-state index in [-0.39, 0.29) is 18.2 Å². The maximum absolute atomic E-state index is 12.9. The Morgan fingerprint density at radius 2 is 1.71 bits per heavy atom. The second-order valence-electron chi connectivity index (χ2n) is 8.77. The van der Waals surface area contributed by atoms with E-state index in [4.69, 9.17) is 4.74 Å². The number of hydrogen-bond acceptors (Lipinski definition) is 5. The van der Waals surface area contributed by atoms with Crippen molar-refractivity contribution in [2.45, 2.75) is 37.8 Å². The first kappa shape index (κ1) is 21.2. The summed E-state index contributed by atoms with van der Waals surface area (Å²) in [5.41, 5.74) is 0. The fraction of sp³-hybridized carbons (Fsp3) is 0.458. The molecule has 0 saturated carbocycles. The Hall–Kier alpha value is -1.67. The third-order valence-electron chi connectivity index (χ3n) is 6.85. The summed E-state index contributed by atoms with van der Waals surface area (Å²) in [5.74, 6) is 0.518. The molecule has 31 heavy (non-hydrogen) atoms. The van der Waals surface area contributed by atoms with E-state index in [1.807, 2.05) is 23.5 Å². The molecule has 3 aliphatic heterocycles. The Labute approximate surface area is 196 Å². The minimum Gasteiger partial charge on any atom is -0.440 e. The van der Waals surface area contributed by atoms with Gasteiger partial charge in [-0.25, -0.2) is 4.79 Å². The predicted molar refractivity (Wildman–Crippen MR) is 129 cm³/mol. The molecule has 3 aromatic rings. The minimum atomic E-state index is -0.276. The van der Waals surface area contributed by atoms with Crippen LogP contribution >= 0.6 is 34.0 Å². The van der Waals surface area contributed by atoms with Gasteiger partial charge in [0.2, 0.25) is 0 Å². The first-order valence-corrected chi connectivity index (χ1v) is 13.8. The lowest BCUT2D eigenvalue weighted by molar-refractivity contribution is -0.946. The summed E-state index contributed by atoms with van der Waals surface area (Å²) in [6, 6.07) is 12.5. The number of amides is 1. The van der Waals surface area contributed by atoms with Crippen LogP contribution in [0.4, 0.5) is 4.79 Å². The third-order valence-corrected chi connectivity index (χ3v) is 9.66. The molecule has 6 rings (SSSR count). The van der Waals surface area contributed by atoms with Crippen LogP contribution in [0.15, 0.2) is 52.5 Å². The number of carbonyl (C=O) groups is 1. The van der Waals surface area contributed by atoms with E-state index in [2.05, 4.69) is 45.7 Å². The molecular formula is C24H29N2O2S3+. The number of ether oxygens (including phenoxy) is 1. The quantitative estimate of drug-likeness (QED) is 0.412. The van der Waals surface area contributed by atoms with E-state index in [0.29, 0.717) is 5.92 Å². The number of alkyl carbamates (subject to hydrolysis) is 1. The number of nitrogens with zero attached hydrogens (tertiary/aromatic N) is 1. The number of piperidine rings is 3. The van der Waals surface area contributed by atoms with Gasteiger partial charge in [-0.2, -0.15) is 0 Å².